The molecule has 0 radical (unpaired) electrons. The Morgan fingerprint density at radius 3 is 2.60 bits per heavy atom. The molecule has 2 atom stereocenters. The summed E-state index contributed by atoms with van der Waals surface area (Å²) in [6, 6.07) is -1.14. The van der Waals surface area contributed by atoms with Crippen LogP contribution in [-0.2, 0) is 19.2 Å². The largest absolute Gasteiger partial charge is 0.480 e. The summed E-state index contributed by atoms with van der Waals surface area (Å²) >= 11 is 1.02. The standard InChI is InChI=1S/C12H18N2O5S/c1-3-9-13-10(16)6-8(12(18)19)14(9)11(17)4-5-20-7(2)15/h8-9H,3-6H2,1-2H3,(H,13,16)(H,18,19)/t8-,9-/m0/s1. The van der Waals surface area contributed by atoms with Crippen LogP contribution in [0.5, 0.6) is 0 Å². The van der Waals surface area contributed by atoms with Crippen molar-refractivity contribution in [2.75, 3.05) is 5.75 Å². The van der Waals surface area contributed by atoms with E-state index in [-0.39, 0.29) is 29.8 Å². The highest BCUT2D eigenvalue weighted by atomic mass is 32.2. The Hall–Kier alpha value is -1.57. The summed E-state index contributed by atoms with van der Waals surface area (Å²) in [5.74, 6) is -1.61. The molecule has 1 heterocycles. The van der Waals surface area contributed by atoms with Crippen molar-refractivity contribution in [3.63, 3.8) is 0 Å². The van der Waals surface area contributed by atoms with E-state index in [1.807, 2.05) is 0 Å². The number of nitrogens with zero attached hydrogens (tertiary/aromatic N) is 1. The van der Waals surface area contributed by atoms with Crippen LogP contribution in [0.25, 0.3) is 0 Å². The van der Waals surface area contributed by atoms with Gasteiger partial charge in [-0.2, -0.15) is 0 Å². The number of amides is 2. The molecule has 1 aliphatic heterocycles. The highest BCUT2D eigenvalue weighted by molar-refractivity contribution is 8.13. The second kappa shape index (κ2) is 7.28. The molecule has 0 aromatic rings. The molecule has 0 aromatic heterocycles. The molecule has 0 aliphatic carbocycles. The first-order valence-electron chi connectivity index (χ1n) is 6.33. The van der Waals surface area contributed by atoms with Gasteiger partial charge in [-0.15, -0.1) is 0 Å². The fourth-order valence-electron chi connectivity index (χ4n) is 2.07. The lowest BCUT2D eigenvalue weighted by molar-refractivity contribution is -0.159. The zero-order valence-corrected chi connectivity index (χ0v) is 12.2. The number of rotatable bonds is 5. The van der Waals surface area contributed by atoms with Crippen molar-refractivity contribution < 1.29 is 24.3 Å². The quantitative estimate of drug-likeness (QED) is 0.751. The molecular weight excluding hydrogens is 284 g/mol. The van der Waals surface area contributed by atoms with Crippen molar-refractivity contribution in [1.29, 1.82) is 0 Å². The van der Waals surface area contributed by atoms with Gasteiger partial charge in [0, 0.05) is 19.1 Å². The van der Waals surface area contributed by atoms with Crippen LogP contribution in [0.2, 0.25) is 0 Å². The number of carboxylic acids is 1. The van der Waals surface area contributed by atoms with Crippen molar-refractivity contribution in [3.05, 3.63) is 0 Å². The summed E-state index contributed by atoms with van der Waals surface area (Å²) in [6.45, 7) is 3.17. The summed E-state index contributed by atoms with van der Waals surface area (Å²) < 4.78 is 0. The number of hydrogen-bond donors (Lipinski definition) is 2. The molecule has 0 unspecified atom stereocenters. The zero-order valence-electron chi connectivity index (χ0n) is 11.4. The average Bonchev–Trinajstić information content (AvgIpc) is 2.36. The van der Waals surface area contributed by atoms with Crippen molar-refractivity contribution in [1.82, 2.24) is 10.2 Å². The molecule has 7 nitrogen and oxygen atoms in total. The molecule has 2 N–H and O–H groups in total. The monoisotopic (exact) mass is 302 g/mol. The van der Waals surface area contributed by atoms with Gasteiger partial charge in [0.1, 0.15) is 12.2 Å². The predicted molar refractivity (Wildman–Crippen MR) is 72.9 cm³/mol. The van der Waals surface area contributed by atoms with Crippen molar-refractivity contribution in [2.45, 2.75) is 45.3 Å². The molecule has 20 heavy (non-hydrogen) atoms. The first-order chi connectivity index (χ1) is 9.36. The van der Waals surface area contributed by atoms with Gasteiger partial charge in [-0.1, -0.05) is 18.7 Å². The van der Waals surface area contributed by atoms with E-state index in [0.717, 1.165) is 11.8 Å². The van der Waals surface area contributed by atoms with E-state index < -0.39 is 18.2 Å². The van der Waals surface area contributed by atoms with Gasteiger partial charge in [0.25, 0.3) is 0 Å². The predicted octanol–water partition coefficient (Wildman–Crippen LogP) is 0.194. The highest BCUT2D eigenvalue weighted by Gasteiger charge is 2.40. The van der Waals surface area contributed by atoms with Crippen LogP contribution in [0.3, 0.4) is 0 Å². The van der Waals surface area contributed by atoms with Gasteiger partial charge in [-0.3, -0.25) is 14.4 Å². The van der Waals surface area contributed by atoms with E-state index in [9.17, 15) is 19.2 Å². The maximum atomic E-state index is 12.2. The normalized spacial score (nSPS) is 22.3. The molecular formula is C12H18N2O5S. The van der Waals surface area contributed by atoms with E-state index in [2.05, 4.69) is 5.32 Å². The van der Waals surface area contributed by atoms with E-state index >= 15 is 0 Å². The summed E-state index contributed by atoms with van der Waals surface area (Å²) in [6.07, 6.45) is -0.342. The summed E-state index contributed by atoms with van der Waals surface area (Å²) in [4.78, 5) is 46.9. The number of carboxylic acid groups (broad SMARTS) is 1. The summed E-state index contributed by atoms with van der Waals surface area (Å²) in [5, 5.41) is 11.7. The molecule has 1 fully saturated rings. The molecule has 8 heteroatoms. The lowest BCUT2D eigenvalue weighted by atomic mass is 10.1. The Bertz CT molecular complexity index is 426. The number of thioether (sulfide) groups is 1. The Labute approximate surface area is 121 Å². The first-order valence-corrected chi connectivity index (χ1v) is 7.32. The number of nitrogens with one attached hydrogen (secondary N) is 1. The third kappa shape index (κ3) is 4.22. The topological polar surface area (TPSA) is 104 Å². The average molecular weight is 302 g/mol. The van der Waals surface area contributed by atoms with Crippen LogP contribution in [0.15, 0.2) is 0 Å². The number of aliphatic carboxylic acids is 1. The van der Waals surface area contributed by atoms with Crippen LogP contribution >= 0.6 is 11.8 Å². The molecule has 0 saturated carbocycles. The Kier molecular flexibility index (Phi) is 6.00. The summed E-state index contributed by atoms with van der Waals surface area (Å²) in [7, 11) is 0. The van der Waals surface area contributed by atoms with Gasteiger partial charge in [0.15, 0.2) is 5.12 Å². The SMILES string of the molecule is CC[C@H]1NC(=O)C[C@@H](C(=O)O)N1C(=O)CCSC(C)=O. The molecule has 1 aliphatic rings. The molecule has 0 bridgehead atoms. The minimum Gasteiger partial charge on any atom is -0.480 e. The third-order valence-corrected chi connectivity index (χ3v) is 3.77. The second-order valence-electron chi connectivity index (χ2n) is 4.44. The highest BCUT2D eigenvalue weighted by Crippen LogP contribution is 2.19. The number of hydrogen-bond acceptors (Lipinski definition) is 5. The van der Waals surface area contributed by atoms with Crippen LogP contribution in [0, 0.1) is 0 Å². The molecule has 0 aromatic carbocycles. The number of carbonyl (C=O) groups is 4. The molecule has 1 rings (SSSR count). The third-order valence-electron chi connectivity index (χ3n) is 2.96. The second-order valence-corrected chi connectivity index (χ2v) is 5.71. The fraction of sp³-hybridized carbons (Fsp3) is 0.667. The fourth-order valence-corrected chi connectivity index (χ4v) is 2.63. The van der Waals surface area contributed by atoms with Crippen LogP contribution < -0.4 is 5.32 Å². The maximum absolute atomic E-state index is 12.2. The Morgan fingerprint density at radius 1 is 1.45 bits per heavy atom. The smallest absolute Gasteiger partial charge is 0.327 e. The van der Waals surface area contributed by atoms with Crippen LogP contribution in [-0.4, -0.2) is 50.9 Å². The molecule has 2 amide bonds. The maximum Gasteiger partial charge on any atom is 0.327 e. The van der Waals surface area contributed by atoms with E-state index in [0.29, 0.717) is 12.2 Å². The zero-order chi connectivity index (χ0) is 15.3. The first kappa shape index (κ1) is 16.5. The molecule has 1 saturated heterocycles. The van der Waals surface area contributed by atoms with Gasteiger partial charge in [0.05, 0.1) is 6.42 Å². The molecule has 0 spiro atoms. The van der Waals surface area contributed by atoms with E-state index in [4.69, 9.17) is 5.11 Å². The van der Waals surface area contributed by atoms with E-state index in [1.165, 1.54) is 11.8 Å². The molecule has 112 valence electrons. The minimum absolute atomic E-state index is 0.0698. The van der Waals surface area contributed by atoms with Gasteiger partial charge >= 0.3 is 5.97 Å². The Balaban J connectivity index is 2.78. The van der Waals surface area contributed by atoms with E-state index in [1.54, 1.807) is 6.92 Å². The van der Waals surface area contributed by atoms with Gasteiger partial charge < -0.3 is 15.3 Å². The summed E-state index contributed by atoms with van der Waals surface area (Å²) in [5.41, 5.74) is 0. The van der Waals surface area contributed by atoms with Crippen molar-refractivity contribution in [3.8, 4) is 0 Å². The van der Waals surface area contributed by atoms with Crippen LogP contribution in [0.4, 0.5) is 0 Å². The minimum atomic E-state index is -1.19. The Morgan fingerprint density at radius 2 is 2.10 bits per heavy atom. The van der Waals surface area contributed by atoms with Crippen LogP contribution in [0.1, 0.15) is 33.1 Å². The van der Waals surface area contributed by atoms with Crippen molar-refractivity contribution in [2.24, 2.45) is 0 Å². The lowest BCUT2D eigenvalue weighted by Gasteiger charge is -2.39. The number of carbonyl (C=O) groups excluding carboxylic acids is 3. The van der Waals surface area contributed by atoms with Gasteiger partial charge in [-0.25, -0.2) is 4.79 Å². The lowest BCUT2D eigenvalue weighted by Crippen LogP contribution is -2.62. The van der Waals surface area contributed by atoms with Gasteiger partial charge in [-0.05, 0) is 6.42 Å². The van der Waals surface area contributed by atoms with Gasteiger partial charge in [0.2, 0.25) is 11.8 Å². The van der Waals surface area contributed by atoms with Crippen molar-refractivity contribution >= 4 is 34.7 Å².